The monoisotopic (exact) mass is 488 g/mol. The summed E-state index contributed by atoms with van der Waals surface area (Å²) in [7, 11) is 1.25. The van der Waals surface area contributed by atoms with Gasteiger partial charge in [-0.25, -0.2) is 14.1 Å². The molecule has 13 heteroatoms. The minimum Gasteiger partial charge on any atom is -0.493 e. The maximum atomic E-state index is 13.5. The predicted octanol–water partition coefficient (Wildman–Crippen LogP) is 4.58. The predicted molar refractivity (Wildman–Crippen MR) is 114 cm³/mol. The van der Waals surface area contributed by atoms with Gasteiger partial charge in [-0.1, -0.05) is 6.07 Å². The third-order valence-electron chi connectivity index (χ3n) is 4.69. The molecule has 1 N–H and O–H groups in total. The fourth-order valence-electron chi connectivity index (χ4n) is 3.05. The van der Waals surface area contributed by atoms with Gasteiger partial charge in [-0.15, -0.1) is 10.2 Å². The number of nitrogens with one attached hydrogen (secondary N) is 1. The Morgan fingerprint density at radius 1 is 1.06 bits per heavy atom. The summed E-state index contributed by atoms with van der Waals surface area (Å²) in [4.78, 5) is 17.1. The number of rotatable bonds is 6. The molecule has 2 heterocycles. The Bertz CT molecular complexity index is 1390. The zero-order chi connectivity index (χ0) is 25.2. The van der Waals surface area contributed by atoms with Crippen LogP contribution in [0.3, 0.4) is 0 Å². The first-order valence-corrected chi connectivity index (χ1v) is 9.90. The second-order valence-electron chi connectivity index (χ2n) is 7.07. The summed E-state index contributed by atoms with van der Waals surface area (Å²) in [6.45, 7) is 1.73. The van der Waals surface area contributed by atoms with Crippen molar-refractivity contribution < 1.29 is 31.8 Å². The molecule has 0 saturated carbocycles. The van der Waals surface area contributed by atoms with Gasteiger partial charge in [0.15, 0.2) is 17.2 Å². The van der Waals surface area contributed by atoms with Crippen molar-refractivity contribution in [1.82, 2.24) is 25.0 Å². The molecule has 180 valence electrons. The Morgan fingerprint density at radius 2 is 1.86 bits per heavy atom. The molecule has 0 aliphatic rings. The minimum atomic E-state index is -4.86. The summed E-state index contributed by atoms with van der Waals surface area (Å²) < 4.78 is 65.4. The average Bonchev–Trinajstić information content (AvgIpc) is 3.25. The van der Waals surface area contributed by atoms with Crippen molar-refractivity contribution in [2.45, 2.75) is 13.1 Å². The van der Waals surface area contributed by atoms with Crippen LogP contribution in [0.1, 0.15) is 21.9 Å². The molecule has 35 heavy (non-hydrogen) atoms. The molecule has 0 spiro atoms. The van der Waals surface area contributed by atoms with Gasteiger partial charge in [-0.05, 0) is 43.3 Å². The van der Waals surface area contributed by atoms with E-state index in [1.165, 1.54) is 30.3 Å². The Morgan fingerprint density at radius 3 is 2.54 bits per heavy atom. The van der Waals surface area contributed by atoms with Crippen molar-refractivity contribution in [3.05, 3.63) is 77.8 Å². The summed E-state index contributed by atoms with van der Waals surface area (Å²) in [5.41, 5.74) is -1.12. The zero-order valence-corrected chi connectivity index (χ0v) is 18.2. The number of amides is 1. The zero-order valence-electron chi connectivity index (χ0n) is 18.2. The molecule has 4 rings (SSSR count). The lowest BCUT2D eigenvalue weighted by Crippen LogP contribution is -2.18. The number of aryl methyl sites for hydroxylation is 1. The number of aromatic nitrogens is 5. The van der Waals surface area contributed by atoms with E-state index in [4.69, 9.17) is 9.47 Å². The number of nitrogens with zero attached hydrogens (tertiary/aromatic N) is 5. The molecule has 0 radical (unpaired) electrons. The lowest BCUT2D eigenvalue weighted by Gasteiger charge is -2.14. The first kappa shape index (κ1) is 23.6. The van der Waals surface area contributed by atoms with E-state index in [0.29, 0.717) is 17.6 Å². The molecule has 0 aliphatic heterocycles. The number of anilines is 1. The van der Waals surface area contributed by atoms with Crippen LogP contribution in [0.5, 0.6) is 17.4 Å². The van der Waals surface area contributed by atoms with Crippen LogP contribution in [0, 0.1) is 12.7 Å². The normalized spacial score (nSPS) is 11.3. The van der Waals surface area contributed by atoms with Crippen LogP contribution in [0.15, 0.2) is 54.9 Å². The van der Waals surface area contributed by atoms with Crippen LogP contribution in [0.25, 0.3) is 5.69 Å². The highest BCUT2D eigenvalue weighted by Gasteiger charge is 2.35. The quantitative estimate of drug-likeness (QED) is 0.396. The molecule has 0 saturated heterocycles. The topological polar surface area (TPSA) is 104 Å². The molecule has 0 aliphatic carbocycles. The van der Waals surface area contributed by atoms with Gasteiger partial charge < -0.3 is 14.8 Å². The van der Waals surface area contributed by atoms with Crippen molar-refractivity contribution in [1.29, 1.82) is 0 Å². The van der Waals surface area contributed by atoms with Crippen molar-refractivity contribution in [3.8, 4) is 23.1 Å². The number of carbonyl (C=O) groups is 1. The SMILES string of the molecule is COc1cc(F)ccc1Oc1nnc(C(F)(F)F)cc1C(=O)Nc1cccc(-n2ncnc2C)c1. The lowest BCUT2D eigenvalue weighted by atomic mass is 10.2. The second-order valence-corrected chi connectivity index (χ2v) is 7.07. The third kappa shape index (κ3) is 5.18. The third-order valence-corrected chi connectivity index (χ3v) is 4.69. The van der Waals surface area contributed by atoms with Gasteiger partial charge in [0.25, 0.3) is 11.8 Å². The fourth-order valence-corrected chi connectivity index (χ4v) is 3.05. The Labute approximate surface area is 195 Å². The Kier molecular flexibility index (Phi) is 6.32. The molecule has 0 bridgehead atoms. The molecule has 2 aromatic heterocycles. The van der Waals surface area contributed by atoms with Crippen molar-refractivity contribution in [2.75, 3.05) is 12.4 Å². The van der Waals surface area contributed by atoms with Gasteiger partial charge in [0, 0.05) is 11.8 Å². The Hall–Kier alpha value is -4.55. The van der Waals surface area contributed by atoms with Crippen molar-refractivity contribution in [2.24, 2.45) is 0 Å². The van der Waals surface area contributed by atoms with E-state index in [1.807, 2.05) is 0 Å². The second kappa shape index (κ2) is 9.37. The van der Waals surface area contributed by atoms with E-state index >= 15 is 0 Å². The molecule has 0 atom stereocenters. The fraction of sp³-hybridized carbons (Fsp3) is 0.136. The van der Waals surface area contributed by atoms with Gasteiger partial charge in [-0.2, -0.15) is 18.3 Å². The van der Waals surface area contributed by atoms with Crippen LogP contribution in [0.2, 0.25) is 0 Å². The number of benzene rings is 2. The molecule has 4 aromatic rings. The first-order chi connectivity index (χ1) is 16.7. The summed E-state index contributed by atoms with van der Waals surface area (Å²) in [6.07, 6.45) is -3.51. The van der Waals surface area contributed by atoms with E-state index in [-0.39, 0.29) is 17.2 Å². The smallest absolute Gasteiger partial charge is 0.435 e. The van der Waals surface area contributed by atoms with Crippen LogP contribution >= 0.6 is 0 Å². The van der Waals surface area contributed by atoms with Crippen LogP contribution < -0.4 is 14.8 Å². The number of halogens is 4. The molecule has 2 aromatic carbocycles. The number of ether oxygens (including phenoxy) is 2. The van der Waals surface area contributed by atoms with Gasteiger partial charge in [0.05, 0.1) is 12.8 Å². The van der Waals surface area contributed by atoms with E-state index < -0.39 is 35.0 Å². The van der Waals surface area contributed by atoms with Gasteiger partial charge in [-0.3, -0.25) is 4.79 Å². The molecule has 1 amide bonds. The number of alkyl halides is 3. The van der Waals surface area contributed by atoms with Gasteiger partial charge in [0.1, 0.15) is 23.5 Å². The molecular weight excluding hydrogens is 472 g/mol. The molecule has 0 fully saturated rings. The molecule has 9 nitrogen and oxygen atoms in total. The summed E-state index contributed by atoms with van der Waals surface area (Å²) >= 11 is 0. The number of hydrogen-bond donors (Lipinski definition) is 1. The highest BCUT2D eigenvalue weighted by Crippen LogP contribution is 2.35. The summed E-state index contributed by atoms with van der Waals surface area (Å²) in [5, 5.41) is 13.2. The van der Waals surface area contributed by atoms with Crippen LogP contribution in [0.4, 0.5) is 23.2 Å². The lowest BCUT2D eigenvalue weighted by molar-refractivity contribution is -0.141. The number of carbonyl (C=O) groups excluding carboxylic acids is 1. The molecular formula is C22H16F4N6O3. The van der Waals surface area contributed by atoms with Gasteiger partial charge >= 0.3 is 6.18 Å². The van der Waals surface area contributed by atoms with Crippen LogP contribution in [-0.4, -0.2) is 38.0 Å². The minimum absolute atomic E-state index is 0.0611. The number of hydrogen-bond acceptors (Lipinski definition) is 7. The summed E-state index contributed by atoms with van der Waals surface area (Å²) in [6, 6.07) is 10.2. The van der Waals surface area contributed by atoms with E-state index in [9.17, 15) is 22.4 Å². The largest absolute Gasteiger partial charge is 0.493 e. The van der Waals surface area contributed by atoms with Crippen molar-refractivity contribution in [3.63, 3.8) is 0 Å². The average molecular weight is 488 g/mol. The Balaban J connectivity index is 1.69. The number of methoxy groups -OCH3 is 1. The highest BCUT2D eigenvalue weighted by molar-refractivity contribution is 6.06. The van der Waals surface area contributed by atoms with Gasteiger partial charge in [0.2, 0.25) is 0 Å². The maximum Gasteiger partial charge on any atom is 0.435 e. The molecule has 0 unspecified atom stereocenters. The van der Waals surface area contributed by atoms with Crippen LogP contribution in [-0.2, 0) is 6.18 Å². The summed E-state index contributed by atoms with van der Waals surface area (Å²) in [5.74, 6) is -1.68. The highest BCUT2D eigenvalue weighted by atomic mass is 19.4. The maximum absolute atomic E-state index is 13.5. The first-order valence-electron chi connectivity index (χ1n) is 9.90. The standard InChI is InChI=1S/C22H16F4N6O3/c1-12-27-11-28-32(12)15-5-3-4-14(9-15)29-20(33)16-10-19(22(24,25)26)30-31-21(16)35-17-7-6-13(23)8-18(17)34-2/h3-11H,1-2H3,(H,29,33). The van der Waals surface area contributed by atoms with E-state index in [0.717, 1.165) is 12.1 Å². The van der Waals surface area contributed by atoms with E-state index in [2.05, 4.69) is 25.6 Å². The van der Waals surface area contributed by atoms with E-state index in [1.54, 1.807) is 25.1 Å². The van der Waals surface area contributed by atoms with Crippen molar-refractivity contribution >= 4 is 11.6 Å².